The van der Waals surface area contributed by atoms with E-state index >= 15 is 0 Å². The zero-order valence-corrected chi connectivity index (χ0v) is 15.5. The van der Waals surface area contributed by atoms with E-state index in [1.165, 1.54) is 12.1 Å². The van der Waals surface area contributed by atoms with E-state index < -0.39 is 10.0 Å². The minimum atomic E-state index is -3.62. The molecule has 1 heterocycles. The van der Waals surface area contributed by atoms with E-state index in [1.807, 2.05) is 6.92 Å². The molecule has 0 unspecified atom stereocenters. The van der Waals surface area contributed by atoms with Crippen molar-refractivity contribution in [3.63, 3.8) is 0 Å². The van der Waals surface area contributed by atoms with Crippen LogP contribution in [-0.2, 0) is 10.0 Å². The minimum absolute atomic E-state index is 0.0138. The molecule has 0 saturated carbocycles. The summed E-state index contributed by atoms with van der Waals surface area (Å²) < 4.78 is 48.1. The van der Waals surface area contributed by atoms with Gasteiger partial charge in [-0.3, -0.25) is 0 Å². The number of rotatable bonds is 7. The van der Waals surface area contributed by atoms with Crippen LogP contribution in [0.1, 0.15) is 6.92 Å². The maximum Gasteiger partial charge on any atom is 0.241 e. The van der Waals surface area contributed by atoms with Crippen molar-refractivity contribution < 1.29 is 27.4 Å². The van der Waals surface area contributed by atoms with Gasteiger partial charge < -0.3 is 18.9 Å². The van der Waals surface area contributed by atoms with Crippen LogP contribution in [0, 0.1) is 11.8 Å². The van der Waals surface area contributed by atoms with Crippen LogP contribution in [0.4, 0.5) is 0 Å². The molecule has 1 N–H and O–H groups in total. The summed E-state index contributed by atoms with van der Waals surface area (Å²) in [4.78, 5) is 0.157. The van der Waals surface area contributed by atoms with Crippen molar-refractivity contribution in [3.05, 3.63) is 42.5 Å². The molecule has 0 amide bonds. The highest BCUT2D eigenvalue weighted by Crippen LogP contribution is 2.34. The third-order valence-corrected chi connectivity index (χ3v) is 4.99. The Balaban J connectivity index is 1.46. The van der Waals surface area contributed by atoms with Crippen molar-refractivity contribution in [2.75, 3.05) is 26.6 Å². The van der Waals surface area contributed by atoms with Gasteiger partial charge in [0.2, 0.25) is 16.8 Å². The van der Waals surface area contributed by atoms with Gasteiger partial charge in [-0.25, -0.2) is 8.42 Å². The third kappa shape index (κ3) is 5.06. The van der Waals surface area contributed by atoms with Gasteiger partial charge in [0.15, 0.2) is 11.5 Å². The van der Waals surface area contributed by atoms with Gasteiger partial charge >= 0.3 is 0 Å². The molecule has 2 aromatic carbocycles. The van der Waals surface area contributed by atoms with Crippen molar-refractivity contribution in [1.29, 1.82) is 0 Å². The van der Waals surface area contributed by atoms with Gasteiger partial charge in [0.1, 0.15) is 18.1 Å². The summed E-state index contributed by atoms with van der Waals surface area (Å²) in [6.07, 6.45) is 0. The molecule has 0 radical (unpaired) electrons. The molecule has 0 saturated heterocycles. The summed E-state index contributed by atoms with van der Waals surface area (Å²) in [5.74, 6) is 8.01. The van der Waals surface area contributed by atoms with Crippen LogP contribution >= 0.6 is 0 Å². The van der Waals surface area contributed by atoms with E-state index in [9.17, 15) is 8.42 Å². The predicted molar refractivity (Wildman–Crippen MR) is 98.6 cm³/mol. The lowest BCUT2D eigenvalue weighted by atomic mass is 10.3. The molecule has 7 nitrogen and oxygen atoms in total. The zero-order chi connectivity index (χ0) is 19.1. The number of hydrogen-bond acceptors (Lipinski definition) is 6. The first-order valence-electron chi connectivity index (χ1n) is 8.29. The molecule has 0 atom stereocenters. The van der Waals surface area contributed by atoms with Crippen LogP contribution in [0.15, 0.2) is 47.4 Å². The number of benzene rings is 2. The van der Waals surface area contributed by atoms with Crippen molar-refractivity contribution in [2.24, 2.45) is 0 Å². The lowest BCUT2D eigenvalue weighted by Crippen LogP contribution is -2.24. The summed E-state index contributed by atoms with van der Waals surface area (Å²) >= 11 is 0. The molecule has 27 heavy (non-hydrogen) atoms. The largest absolute Gasteiger partial charge is 0.494 e. The number of fused-ring (bicyclic) bond motifs is 1. The SMILES string of the molecule is CCOc1ccc(S(=O)(=O)NCC#CCOc2ccc3c(c2)OCO3)cc1. The van der Waals surface area contributed by atoms with Crippen molar-refractivity contribution in [2.45, 2.75) is 11.8 Å². The molecule has 8 heteroatoms. The standard InChI is InChI=1S/C19H19NO6S/c1-2-23-15-5-8-17(9-6-15)27(21,22)20-11-3-4-12-24-16-7-10-18-19(13-16)26-14-25-18/h5-10,13,20H,2,11-12,14H2,1H3. The van der Waals surface area contributed by atoms with Crippen LogP contribution in [0.25, 0.3) is 0 Å². The number of sulfonamides is 1. The zero-order valence-electron chi connectivity index (χ0n) is 14.7. The van der Waals surface area contributed by atoms with Crippen molar-refractivity contribution >= 4 is 10.0 Å². The Bertz CT molecular complexity index is 944. The first kappa shape index (κ1) is 18.9. The first-order chi connectivity index (χ1) is 13.1. The molecule has 1 aliphatic heterocycles. The van der Waals surface area contributed by atoms with Crippen LogP contribution in [-0.4, -0.2) is 35.0 Å². The second kappa shape index (κ2) is 8.66. The van der Waals surface area contributed by atoms with Crippen LogP contribution in [0.5, 0.6) is 23.0 Å². The summed E-state index contributed by atoms with van der Waals surface area (Å²) in [6.45, 7) is 2.70. The Labute approximate surface area is 158 Å². The molecule has 0 fully saturated rings. The Morgan fingerprint density at radius 3 is 2.52 bits per heavy atom. The first-order valence-corrected chi connectivity index (χ1v) is 9.77. The normalized spacial score (nSPS) is 12.2. The fraction of sp³-hybridized carbons (Fsp3) is 0.263. The summed E-state index contributed by atoms with van der Waals surface area (Å²) in [7, 11) is -3.62. The second-order valence-corrected chi connectivity index (χ2v) is 7.15. The molecule has 2 aromatic rings. The Morgan fingerprint density at radius 2 is 1.74 bits per heavy atom. The van der Waals surface area contributed by atoms with E-state index in [-0.39, 0.29) is 24.8 Å². The smallest absolute Gasteiger partial charge is 0.241 e. The Morgan fingerprint density at radius 1 is 1.00 bits per heavy atom. The van der Waals surface area contributed by atoms with Gasteiger partial charge in [0, 0.05) is 6.07 Å². The highest BCUT2D eigenvalue weighted by Gasteiger charge is 2.14. The van der Waals surface area contributed by atoms with Gasteiger partial charge in [-0.2, -0.15) is 4.72 Å². The summed E-state index contributed by atoms with van der Waals surface area (Å²) in [5, 5.41) is 0. The van der Waals surface area contributed by atoms with Crippen molar-refractivity contribution in [1.82, 2.24) is 4.72 Å². The fourth-order valence-corrected chi connectivity index (χ4v) is 3.22. The Hall–Kier alpha value is -2.89. The third-order valence-electron chi connectivity index (χ3n) is 3.58. The topological polar surface area (TPSA) is 83.1 Å². The molecule has 3 rings (SSSR count). The molecule has 0 bridgehead atoms. The molecule has 0 aromatic heterocycles. The summed E-state index contributed by atoms with van der Waals surface area (Å²) in [6, 6.07) is 11.4. The van der Waals surface area contributed by atoms with Crippen molar-refractivity contribution in [3.8, 4) is 34.8 Å². The van der Waals surface area contributed by atoms with E-state index in [0.29, 0.717) is 29.6 Å². The molecular formula is C19H19NO6S. The maximum absolute atomic E-state index is 12.2. The number of nitrogens with one attached hydrogen (secondary N) is 1. The summed E-state index contributed by atoms with van der Waals surface area (Å²) in [5.41, 5.74) is 0. The highest BCUT2D eigenvalue weighted by atomic mass is 32.2. The fourth-order valence-electron chi connectivity index (χ4n) is 2.30. The van der Waals surface area contributed by atoms with Gasteiger partial charge in [-0.15, -0.1) is 0 Å². The van der Waals surface area contributed by atoms with Crippen LogP contribution < -0.4 is 23.7 Å². The maximum atomic E-state index is 12.2. The lowest BCUT2D eigenvalue weighted by Gasteiger charge is -2.06. The molecule has 0 aliphatic carbocycles. The number of ether oxygens (including phenoxy) is 4. The molecule has 0 spiro atoms. The van der Waals surface area contributed by atoms with E-state index in [4.69, 9.17) is 18.9 Å². The van der Waals surface area contributed by atoms with Crippen LogP contribution in [0.3, 0.4) is 0 Å². The van der Waals surface area contributed by atoms with Crippen LogP contribution in [0.2, 0.25) is 0 Å². The average molecular weight is 389 g/mol. The lowest BCUT2D eigenvalue weighted by molar-refractivity contribution is 0.174. The monoisotopic (exact) mass is 389 g/mol. The average Bonchev–Trinajstić information content (AvgIpc) is 3.13. The van der Waals surface area contributed by atoms with E-state index in [2.05, 4.69) is 16.6 Å². The van der Waals surface area contributed by atoms with Gasteiger partial charge in [-0.05, 0) is 43.3 Å². The quantitative estimate of drug-likeness (QED) is 0.731. The molecular weight excluding hydrogens is 370 g/mol. The Kier molecular flexibility index (Phi) is 6.06. The second-order valence-electron chi connectivity index (χ2n) is 5.39. The van der Waals surface area contributed by atoms with E-state index in [1.54, 1.807) is 30.3 Å². The highest BCUT2D eigenvalue weighted by molar-refractivity contribution is 7.89. The molecule has 1 aliphatic rings. The minimum Gasteiger partial charge on any atom is -0.494 e. The van der Waals surface area contributed by atoms with E-state index in [0.717, 1.165) is 0 Å². The molecule has 142 valence electrons. The van der Waals surface area contributed by atoms with Gasteiger partial charge in [0.25, 0.3) is 0 Å². The number of hydrogen-bond donors (Lipinski definition) is 1. The van der Waals surface area contributed by atoms with Gasteiger partial charge in [0.05, 0.1) is 18.0 Å². The predicted octanol–water partition coefficient (Wildman–Crippen LogP) is 2.17. The van der Waals surface area contributed by atoms with Gasteiger partial charge in [-0.1, -0.05) is 11.8 Å².